The van der Waals surface area contributed by atoms with E-state index in [2.05, 4.69) is 48.4 Å². The Morgan fingerprint density at radius 2 is 2.05 bits per heavy atom. The van der Waals surface area contributed by atoms with E-state index in [-0.39, 0.29) is 6.04 Å². The highest BCUT2D eigenvalue weighted by Crippen LogP contribution is 2.28. The Bertz CT molecular complexity index is 578. The van der Waals surface area contributed by atoms with Gasteiger partial charge in [-0.25, -0.2) is 0 Å². The second-order valence-corrected chi connectivity index (χ2v) is 5.30. The van der Waals surface area contributed by atoms with Gasteiger partial charge in [-0.1, -0.05) is 30.7 Å². The van der Waals surface area contributed by atoms with Crippen molar-refractivity contribution in [1.29, 1.82) is 0 Å². The number of nitrogens with zero attached hydrogens (tertiary/aromatic N) is 1. The van der Waals surface area contributed by atoms with Gasteiger partial charge in [0.25, 0.3) is 0 Å². The summed E-state index contributed by atoms with van der Waals surface area (Å²) in [6.45, 7) is 4.24. The van der Waals surface area contributed by atoms with Crippen molar-refractivity contribution in [2.24, 2.45) is 0 Å². The number of rotatable bonds is 6. The molecule has 0 aliphatic carbocycles. The third-order valence-corrected chi connectivity index (χ3v) is 3.82. The Morgan fingerprint density at radius 1 is 1.24 bits per heavy atom. The second-order valence-electron chi connectivity index (χ2n) is 5.30. The van der Waals surface area contributed by atoms with Crippen LogP contribution in [-0.4, -0.2) is 19.1 Å². The van der Waals surface area contributed by atoms with E-state index in [1.165, 1.54) is 16.7 Å². The summed E-state index contributed by atoms with van der Waals surface area (Å²) in [7, 11) is 3.70. The van der Waals surface area contributed by atoms with Crippen molar-refractivity contribution >= 4 is 0 Å². The van der Waals surface area contributed by atoms with Crippen LogP contribution in [0, 0.1) is 6.92 Å². The SMILES string of the molecule is CCc1ccc(CC(NC)c2cc(C)ccc2OC)nc1. The number of likely N-dealkylation sites (N-methyl/N-ethyl adjacent to an activating group) is 1. The average Bonchev–Trinajstić information content (AvgIpc) is 2.53. The van der Waals surface area contributed by atoms with Crippen molar-refractivity contribution in [2.75, 3.05) is 14.2 Å². The predicted molar refractivity (Wildman–Crippen MR) is 86.9 cm³/mol. The van der Waals surface area contributed by atoms with Crippen LogP contribution < -0.4 is 10.1 Å². The van der Waals surface area contributed by atoms with Gasteiger partial charge in [0.2, 0.25) is 0 Å². The molecule has 0 radical (unpaired) electrons. The number of methoxy groups -OCH3 is 1. The first-order valence-electron chi connectivity index (χ1n) is 7.43. The lowest BCUT2D eigenvalue weighted by Gasteiger charge is -2.20. The zero-order valence-corrected chi connectivity index (χ0v) is 13.3. The van der Waals surface area contributed by atoms with Crippen LogP contribution in [0.25, 0.3) is 0 Å². The Morgan fingerprint density at radius 3 is 2.62 bits per heavy atom. The minimum absolute atomic E-state index is 0.194. The fourth-order valence-electron chi connectivity index (χ4n) is 2.49. The Kier molecular flexibility index (Phi) is 5.34. The van der Waals surface area contributed by atoms with Gasteiger partial charge in [0.1, 0.15) is 5.75 Å². The lowest BCUT2D eigenvalue weighted by molar-refractivity contribution is 0.400. The van der Waals surface area contributed by atoms with Crippen LogP contribution in [-0.2, 0) is 12.8 Å². The van der Waals surface area contributed by atoms with Crippen molar-refractivity contribution < 1.29 is 4.74 Å². The Labute approximate surface area is 127 Å². The summed E-state index contributed by atoms with van der Waals surface area (Å²) >= 11 is 0. The minimum atomic E-state index is 0.194. The monoisotopic (exact) mass is 284 g/mol. The fraction of sp³-hybridized carbons (Fsp3) is 0.389. The number of nitrogens with one attached hydrogen (secondary N) is 1. The molecular formula is C18H24N2O. The molecular weight excluding hydrogens is 260 g/mol. The van der Waals surface area contributed by atoms with Crippen molar-refractivity contribution in [2.45, 2.75) is 32.7 Å². The van der Waals surface area contributed by atoms with Crippen molar-refractivity contribution in [3.05, 3.63) is 58.9 Å². The van der Waals surface area contributed by atoms with Gasteiger partial charge in [-0.2, -0.15) is 0 Å². The zero-order chi connectivity index (χ0) is 15.2. The number of hydrogen-bond acceptors (Lipinski definition) is 3. The van der Waals surface area contributed by atoms with Crippen LogP contribution in [0.2, 0.25) is 0 Å². The molecule has 2 rings (SSSR count). The summed E-state index contributed by atoms with van der Waals surface area (Å²) in [4.78, 5) is 4.56. The van der Waals surface area contributed by atoms with Gasteiger partial charge in [0.05, 0.1) is 7.11 Å². The minimum Gasteiger partial charge on any atom is -0.496 e. The summed E-state index contributed by atoms with van der Waals surface area (Å²) in [5, 5.41) is 3.38. The topological polar surface area (TPSA) is 34.1 Å². The van der Waals surface area contributed by atoms with E-state index in [4.69, 9.17) is 4.74 Å². The summed E-state index contributed by atoms with van der Waals surface area (Å²) in [5.74, 6) is 0.921. The molecule has 3 nitrogen and oxygen atoms in total. The molecule has 1 aromatic carbocycles. The van der Waals surface area contributed by atoms with Crippen molar-refractivity contribution in [3.8, 4) is 5.75 Å². The summed E-state index contributed by atoms with van der Waals surface area (Å²) < 4.78 is 5.50. The predicted octanol–water partition coefficient (Wildman–Crippen LogP) is 3.46. The van der Waals surface area contributed by atoms with Crippen LogP contribution >= 0.6 is 0 Å². The highest BCUT2D eigenvalue weighted by atomic mass is 16.5. The van der Waals surface area contributed by atoms with Crippen molar-refractivity contribution in [1.82, 2.24) is 10.3 Å². The molecule has 3 heteroatoms. The van der Waals surface area contributed by atoms with E-state index in [9.17, 15) is 0 Å². The normalized spacial score (nSPS) is 12.2. The highest BCUT2D eigenvalue weighted by molar-refractivity contribution is 5.39. The molecule has 1 aromatic heterocycles. The maximum absolute atomic E-state index is 5.50. The van der Waals surface area contributed by atoms with Gasteiger partial charge >= 0.3 is 0 Å². The molecule has 1 unspecified atom stereocenters. The fourth-order valence-corrected chi connectivity index (χ4v) is 2.49. The summed E-state index contributed by atoms with van der Waals surface area (Å²) in [6.07, 6.45) is 3.84. The zero-order valence-electron chi connectivity index (χ0n) is 13.3. The summed E-state index contributed by atoms with van der Waals surface area (Å²) in [6, 6.07) is 10.8. The first-order chi connectivity index (χ1) is 10.2. The van der Waals surface area contributed by atoms with Crippen LogP contribution in [0.1, 0.15) is 35.3 Å². The molecule has 0 aliphatic rings. The van der Waals surface area contributed by atoms with Crippen LogP contribution in [0.5, 0.6) is 5.75 Å². The van der Waals surface area contributed by atoms with Crippen LogP contribution in [0.4, 0.5) is 0 Å². The number of benzene rings is 1. The molecule has 0 fully saturated rings. The number of pyridine rings is 1. The number of aromatic nitrogens is 1. The van der Waals surface area contributed by atoms with E-state index < -0.39 is 0 Å². The van der Waals surface area contributed by atoms with Crippen LogP contribution in [0.3, 0.4) is 0 Å². The van der Waals surface area contributed by atoms with E-state index in [0.29, 0.717) is 0 Å². The maximum Gasteiger partial charge on any atom is 0.123 e. The quantitative estimate of drug-likeness (QED) is 0.882. The molecule has 1 N–H and O–H groups in total. The Hall–Kier alpha value is -1.87. The van der Waals surface area contributed by atoms with E-state index >= 15 is 0 Å². The molecule has 112 valence electrons. The standard InChI is InChI=1S/C18H24N2O/c1-5-14-7-8-15(20-12-14)11-17(19-3)16-10-13(2)6-9-18(16)21-4/h6-10,12,17,19H,5,11H2,1-4H3. The van der Waals surface area contributed by atoms with Gasteiger partial charge < -0.3 is 10.1 Å². The molecule has 0 bridgehead atoms. The highest BCUT2D eigenvalue weighted by Gasteiger charge is 2.16. The number of aryl methyl sites for hydroxylation is 2. The lowest BCUT2D eigenvalue weighted by Crippen LogP contribution is -2.20. The molecule has 1 atom stereocenters. The Balaban J connectivity index is 2.24. The average molecular weight is 284 g/mol. The molecule has 0 amide bonds. The van der Waals surface area contributed by atoms with Crippen molar-refractivity contribution in [3.63, 3.8) is 0 Å². The lowest BCUT2D eigenvalue weighted by atomic mass is 9.98. The number of hydrogen-bond donors (Lipinski definition) is 1. The molecule has 2 aromatic rings. The smallest absolute Gasteiger partial charge is 0.123 e. The van der Waals surface area contributed by atoms with E-state index in [1.54, 1.807) is 7.11 Å². The van der Waals surface area contributed by atoms with Gasteiger partial charge in [-0.15, -0.1) is 0 Å². The largest absolute Gasteiger partial charge is 0.496 e. The first kappa shape index (κ1) is 15.5. The molecule has 1 heterocycles. The molecule has 0 saturated heterocycles. The van der Waals surface area contributed by atoms with E-state index in [0.717, 1.165) is 24.3 Å². The van der Waals surface area contributed by atoms with Gasteiger partial charge in [-0.3, -0.25) is 4.98 Å². The number of ether oxygens (including phenoxy) is 1. The first-order valence-corrected chi connectivity index (χ1v) is 7.43. The molecule has 0 aliphatic heterocycles. The third kappa shape index (κ3) is 3.82. The summed E-state index contributed by atoms with van der Waals surface area (Å²) in [5.41, 5.74) is 4.78. The molecule has 21 heavy (non-hydrogen) atoms. The van der Waals surface area contributed by atoms with Crippen LogP contribution in [0.15, 0.2) is 36.5 Å². The van der Waals surface area contributed by atoms with Gasteiger partial charge in [0, 0.05) is 29.9 Å². The van der Waals surface area contributed by atoms with Gasteiger partial charge in [-0.05, 0) is 38.1 Å². The second kappa shape index (κ2) is 7.23. The molecule has 0 saturated carbocycles. The maximum atomic E-state index is 5.50. The third-order valence-electron chi connectivity index (χ3n) is 3.82. The van der Waals surface area contributed by atoms with Gasteiger partial charge in [0.15, 0.2) is 0 Å². The van der Waals surface area contributed by atoms with E-state index in [1.807, 2.05) is 19.3 Å². The molecule has 0 spiro atoms.